The molecule has 2 N–H and O–H groups in total. The van der Waals surface area contributed by atoms with Gasteiger partial charge in [-0.15, -0.1) is 0 Å². The van der Waals surface area contributed by atoms with Crippen molar-refractivity contribution in [1.29, 1.82) is 0 Å². The second-order valence-corrected chi connectivity index (χ2v) is 8.23. The van der Waals surface area contributed by atoms with Gasteiger partial charge in [0.15, 0.2) is 5.75 Å². The largest absolute Gasteiger partial charge is 0.494 e. The van der Waals surface area contributed by atoms with E-state index in [0.717, 1.165) is 53.7 Å². The maximum Gasteiger partial charge on any atom is 0.258 e. The van der Waals surface area contributed by atoms with E-state index in [1.807, 2.05) is 51.6 Å². The molecule has 2 aromatic carbocycles. The van der Waals surface area contributed by atoms with E-state index in [2.05, 4.69) is 25.7 Å². The average molecular weight is 434 g/mol. The number of anilines is 2. The summed E-state index contributed by atoms with van der Waals surface area (Å²) in [5, 5.41) is 17.4. The van der Waals surface area contributed by atoms with Crippen molar-refractivity contribution in [3.63, 3.8) is 0 Å². The van der Waals surface area contributed by atoms with Crippen LogP contribution in [0.2, 0.25) is 0 Å². The topological polar surface area (TPSA) is 89.2 Å². The normalized spacial score (nSPS) is 14.3. The molecular weight excluding hydrogens is 406 g/mol. The molecule has 0 atom stereocenters. The lowest BCUT2D eigenvalue weighted by Crippen LogP contribution is -2.43. The Kier molecular flexibility index (Phi) is 4.97. The molecule has 2 aromatic heterocycles. The van der Waals surface area contributed by atoms with Crippen LogP contribution in [0.1, 0.15) is 15.9 Å². The molecule has 166 valence electrons. The Balaban J connectivity index is 1.55. The third kappa shape index (κ3) is 3.34. The molecule has 1 aliphatic rings. The van der Waals surface area contributed by atoms with Crippen molar-refractivity contribution in [1.82, 2.24) is 24.9 Å². The van der Waals surface area contributed by atoms with E-state index in [0.29, 0.717) is 22.5 Å². The molecule has 32 heavy (non-hydrogen) atoms. The van der Waals surface area contributed by atoms with Crippen LogP contribution in [0.4, 0.5) is 11.4 Å². The van der Waals surface area contributed by atoms with Gasteiger partial charge in [0.25, 0.3) is 5.91 Å². The second-order valence-electron chi connectivity index (χ2n) is 8.23. The second kappa shape index (κ2) is 7.83. The monoisotopic (exact) mass is 433 g/mol. The summed E-state index contributed by atoms with van der Waals surface area (Å²) >= 11 is 0. The van der Waals surface area contributed by atoms with Gasteiger partial charge in [-0.3, -0.25) is 14.2 Å². The zero-order chi connectivity index (χ0) is 22.4. The SMILES string of the molecule is COc1c(NC(=O)c2ccc(N3CCNCC3)c3cn(C)nc23)cc(C)c2nn(C)cc12. The zero-order valence-corrected chi connectivity index (χ0v) is 18.8. The van der Waals surface area contributed by atoms with Gasteiger partial charge in [-0.05, 0) is 30.7 Å². The molecule has 9 nitrogen and oxygen atoms in total. The van der Waals surface area contributed by atoms with E-state index in [9.17, 15) is 4.79 Å². The molecule has 1 aliphatic heterocycles. The molecule has 0 radical (unpaired) electrons. The first kappa shape index (κ1) is 20.3. The number of benzene rings is 2. The van der Waals surface area contributed by atoms with Crippen LogP contribution in [-0.4, -0.2) is 58.8 Å². The molecule has 0 aliphatic carbocycles. The molecule has 0 spiro atoms. The minimum atomic E-state index is -0.221. The van der Waals surface area contributed by atoms with E-state index in [1.54, 1.807) is 16.5 Å². The predicted octanol–water partition coefficient (Wildman–Crippen LogP) is 2.44. The first-order valence-electron chi connectivity index (χ1n) is 10.7. The number of nitrogens with one attached hydrogen (secondary N) is 2. The van der Waals surface area contributed by atoms with Crippen LogP contribution in [0.5, 0.6) is 5.75 Å². The van der Waals surface area contributed by atoms with E-state index >= 15 is 0 Å². The summed E-state index contributed by atoms with van der Waals surface area (Å²) in [7, 11) is 5.35. The van der Waals surface area contributed by atoms with E-state index in [-0.39, 0.29) is 5.91 Å². The van der Waals surface area contributed by atoms with Gasteiger partial charge >= 0.3 is 0 Å². The van der Waals surface area contributed by atoms with Gasteiger partial charge in [-0.1, -0.05) is 0 Å². The minimum absolute atomic E-state index is 0.221. The van der Waals surface area contributed by atoms with Crippen molar-refractivity contribution in [2.75, 3.05) is 43.5 Å². The van der Waals surface area contributed by atoms with E-state index in [4.69, 9.17) is 4.74 Å². The number of methoxy groups -OCH3 is 1. The van der Waals surface area contributed by atoms with Crippen LogP contribution in [0, 0.1) is 6.92 Å². The lowest BCUT2D eigenvalue weighted by molar-refractivity contribution is 0.102. The highest BCUT2D eigenvalue weighted by Crippen LogP contribution is 2.36. The Bertz CT molecular complexity index is 1330. The number of aryl methyl sites for hydroxylation is 3. The highest BCUT2D eigenvalue weighted by Gasteiger charge is 2.22. The summed E-state index contributed by atoms with van der Waals surface area (Å²) in [6.45, 7) is 5.72. The molecule has 1 fully saturated rings. The minimum Gasteiger partial charge on any atom is -0.494 e. The van der Waals surface area contributed by atoms with Crippen molar-refractivity contribution in [3.05, 3.63) is 41.7 Å². The number of ether oxygens (including phenoxy) is 1. The fourth-order valence-electron chi connectivity index (χ4n) is 4.51. The number of carbonyl (C=O) groups excluding carboxylic acids is 1. The standard InChI is InChI=1S/C23H27N7O2/c1-14-11-18(22(32-4)17-13-29(3)26-20(14)17)25-23(31)15-5-6-19(30-9-7-24-8-10-30)16-12-28(2)27-21(15)16/h5-6,11-13,24H,7-10H2,1-4H3,(H,25,31). The first-order valence-corrected chi connectivity index (χ1v) is 10.7. The third-order valence-corrected chi connectivity index (χ3v) is 5.97. The summed E-state index contributed by atoms with van der Waals surface area (Å²) < 4.78 is 9.16. The Morgan fingerprint density at radius 1 is 1.06 bits per heavy atom. The maximum absolute atomic E-state index is 13.4. The highest BCUT2D eigenvalue weighted by atomic mass is 16.5. The van der Waals surface area contributed by atoms with Crippen molar-refractivity contribution < 1.29 is 9.53 Å². The highest BCUT2D eigenvalue weighted by molar-refractivity contribution is 6.15. The Labute approximate surface area is 185 Å². The lowest BCUT2D eigenvalue weighted by atomic mass is 10.1. The van der Waals surface area contributed by atoms with Gasteiger partial charge in [0.05, 0.1) is 29.3 Å². The fourth-order valence-corrected chi connectivity index (χ4v) is 4.51. The van der Waals surface area contributed by atoms with Crippen LogP contribution in [-0.2, 0) is 14.1 Å². The predicted molar refractivity (Wildman–Crippen MR) is 126 cm³/mol. The number of hydrogen-bond acceptors (Lipinski definition) is 6. The van der Waals surface area contributed by atoms with Gasteiger partial charge in [-0.25, -0.2) is 0 Å². The molecule has 3 heterocycles. The van der Waals surface area contributed by atoms with Crippen LogP contribution < -0.4 is 20.3 Å². The van der Waals surface area contributed by atoms with Gasteiger partial charge in [0.1, 0.15) is 5.52 Å². The Morgan fingerprint density at radius 2 is 1.75 bits per heavy atom. The van der Waals surface area contributed by atoms with Crippen LogP contribution >= 0.6 is 0 Å². The molecule has 0 unspecified atom stereocenters. The molecule has 1 amide bonds. The molecule has 0 bridgehead atoms. The third-order valence-electron chi connectivity index (χ3n) is 5.97. The van der Waals surface area contributed by atoms with E-state index in [1.165, 1.54) is 0 Å². The number of piperazine rings is 1. The maximum atomic E-state index is 13.4. The number of fused-ring (bicyclic) bond motifs is 2. The van der Waals surface area contributed by atoms with Crippen LogP contribution in [0.3, 0.4) is 0 Å². The molecule has 4 aromatic rings. The van der Waals surface area contributed by atoms with E-state index < -0.39 is 0 Å². The molecule has 9 heteroatoms. The summed E-state index contributed by atoms with van der Waals surface area (Å²) in [4.78, 5) is 15.7. The van der Waals surface area contributed by atoms with Crippen molar-refractivity contribution >= 4 is 39.1 Å². The van der Waals surface area contributed by atoms with Crippen LogP contribution in [0.25, 0.3) is 21.8 Å². The number of amides is 1. The average Bonchev–Trinajstić information content (AvgIpc) is 3.36. The quantitative estimate of drug-likeness (QED) is 0.514. The van der Waals surface area contributed by atoms with Crippen molar-refractivity contribution in [2.45, 2.75) is 6.92 Å². The zero-order valence-electron chi connectivity index (χ0n) is 18.8. The number of hydrogen-bond donors (Lipinski definition) is 2. The summed E-state index contributed by atoms with van der Waals surface area (Å²) in [6.07, 6.45) is 3.88. The Morgan fingerprint density at radius 3 is 2.47 bits per heavy atom. The first-order chi connectivity index (χ1) is 15.5. The summed E-state index contributed by atoms with van der Waals surface area (Å²) in [5.41, 5.74) is 4.77. The van der Waals surface area contributed by atoms with Gasteiger partial charge in [-0.2, -0.15) is 10.2 Å². The van der Waals surface area contributed by atoms with Gasteiger partial charge in [0, 0.05) is 63.7 Å². The van der Waals surface area contributed by atoms with Crippen molar-refractivity contribution in [3.8, 4) is 5.75 Å². The number of rotatable bonds is 4. The number of carbonyl (C=O) groups is 1. The fraction of sp³-hybridized carbons (Fsp3) is 0.348. The van der Waals surface area contributed by atoms with Gasteiger partial charge in [0.2, 0.25) is 0 Å². The summed E-state index contributed by atoms with van der Waals surface area (Å²) in [5.74, 6) is 0.378. The number of nitrogens with zero attached hydrogens (tertiary/aromatic N) is 5. The van der Waals surface area contributed by atoms with Crippen molar-refractivity contribution in [2.24, 2.45) is 14.1 Å². The molecule has 5 rings (SSSR count). The van der Waals surface area contributed by atoms with Crippen LogP contribution in [0.15, 0.2) is 30.6 Å². The molecular formula is C23H27N7O2. The molecule has 0 saturated carbocycles. The lowest BCUT2D eigenvalue weighted by Gasteiger charge is -2.30. The summed E-state index contributed by atoms with van der Waals surface area (Å²) in [6, 6.07) is 5.79. The molecule has 1 saturated heterocycles. The smallest absolute Gasteiger partial charge is 0.258 e. The van der Waals surface area contributed by atoms with Gasteiger partial charge < -0.3 is 20.3 Å². The number of aromatic nitrogens is 4. The Hall–Kier alpha value is -3.59.